The first-order chi connectivity index (χ1) is 11.3. The van der Waals surface area contributed by atoms with Crippen LogP contribution in [-0.2, 0) is 4.74 Å². The molecule has 1 aliphatic rings. The van der Waals surface area contributed by atoms with Gasteiger partial charge in [-0.1, -0.05) is 18.2 Å². The summed E-state index contributed by atoms with van der Waals surface area (Å²) in [6.45, 7) is 2.10. The van der Waals surface area contributed by atoms with Crippen LogP contribution in [0.2, 0.25) is 0 Å². The molecule has 0 saturated heterocycles. The lowest BCUT2D eigenvalue weighted by molar-refractivity contribution is 0.367. The van der Waals surface area contributed by atoms with Gasteiger partial charge in [0.2, 0.25) is 0 Å². The van der Waals surface area contributed by atoms with E-state index in [1.807, 2.05) is 24.4 Å². The normalized spacial score (nSPS) is 13.2. The Balaban J connectivity index is 1.93. The summed E-state index contributed by atoms with van der Waals surface area (Å²) < 4.78 is 5.57. The molecule has 3 heteroatoms. The molecule has 0 unspecified atom stereocenters. The van der Waals surface area contributed by atoms with Crippen LogP contribution in [-0.4, -0.2) is 17.1 Å². The van der Waals surface area contributed by atoms with E-state index in [4.69, 9.17) is 9.72 Å². The molecule has 1 saturated carbocycles. The molecular weight excluding hydrogens is 284 g/mol. The Morgan fingerprint density at radius 1 is 1.04 bits per heavy atom. The molecule has 0 atom stereocenters. The summed E-state index contributed by atoms with van der Waals surface area (Å²) in [5, 5.41) is 1.13. The fraction of sp³-hybridized carbons (Fsp3) is 0.200. The van der Waals surface area contributed by atoms with Gasteiger partial charge in [0, 0.05) is 17.1 Å². The standard InChI is InChI=1S/C20H18N2O/c1-13-6-9-15(17-5-3-4-12-21-17)16-10-11-18(22-19(13)16)20(23-2)14-7-8-14/h3-6,9-12H,7-8H2,1-2H3. The molecular formula is C20H18N2O. The number of ether oxygens (including phenoxy) is 1. The molecule has 0 N–H and O–H groups in total. The molecule has 1 fully saturated rings. The first-order valence-corrected chi connectivity index (χ1v) is 7.86. The van der Waals surface area contributed by atoms with Crippen LogP contribution in [0.3, 0.4) is 0 Å². The zero-order chi connectivity index (χ0) is 15.8. The summed E-state index contributed by atoms with van der Waals surface area (Å²) in [6, 6.07) is 14.4. The minimum Gasteiger partial charge on any atom is -0.495 e. The van der Waals surface area contributed by atoms with E-state index in [2.05, 4.69) is 36.2 Å². The van der Waals surface area contributed by atoms with Gasteiger partial charge in [-0.2, -0.15) is 0 Å². The predicted molar refractivity (Wildman–Crippen MR) is 92.9 cm³/mol. The highest BCUT2D eigenvalue weighted by Gasteiger charge is 2.21. The summed E-state index contributed by atoms with van der Waals surface area (Å²) in [4.78, 5) is 9.36. The third-order valence-corrected chi connectivity index (χ3v) is 4.26. The Hall–Kier alpha value is -2.68. The second-order valence-electron chi connectivity index (χ2n) is 5.87. The van der Waals surface area contributed by atoms with Crippen molar-refractivity contribution in [2.45, 2.75) is 19.8 Å². The van der Waals surface area contributed by atoms with Gasteiger partial charge in [-0.3, -0.25) is 4.98 Å². The zero-order valence-corrected chi connectivity index (χ0v) is 13.3. The molecule has 2 heterocycles. The molecule has 0 spiro atoms. The SMILES string of the molecule is COC(=C1CC1)c1ccc2c(-c3ccccn3)ccc(C)c2n1. The van der Waals surface area contributed by atoms with Crippen LogP contribution in [0.4, 0.5) is 0 Å². The Kier molecular flexibility index (Phi) is 3.34. The Morgan fingerprint density at radius 2 is 1.91 bits per heavy atom. The lowest BCUT2D eigenvalue weighted by Gasteiger charge is -2.11. The lowest BCUT2D eigenvalue weighted by Crippen LogP contribution is -1.95. The lowest BCUT2D eigenvalue weighted by atomic mass is 10.0. The number of fused-ring (bicyclic) bond motifs is 1. The molecule has 0 amide bonds. The minimum atomic E-state index is 0.925. The van der Waals surface area contributed by atoms with Crippen molar-refractivity contribution in [1.82, 2.24) is 9.97 Å². The number of nitrogens with zero attached hydrogens (tertiary/aromatic N) is 2. The van der Waals surface area contributed by atoms with Crippen LogP contribution in [0.5, 0.6) is 0 Å². The van der Waals surface area contributed by atoms with Crippen molar-refractivity contribution in [2.75, 3.05) is 7.11 Å². The summed E-state index contributed by atoms with van der Waals surface area (Å²) >= 11 is 0. The van der Waals surface area contributed by atoms with Crippen molar-refractivity contribution in [3.63, 3.8) is 0 Å². The van der Waals surface area contributed by atoms with Crippen molar-refractivity contribution < 1.29 is 4.74 Å². The molecule has 0 bridgehead atoms. The Labute approximate surface area is 135 Å². The Bertz CT molecular complexity index is 908. The maximum Gasteiger partial charge on any atom is 0.143 e. The highest BCUT2D eigenvalue weighted by molar-refractivity contribution is 5.96. The van der Waals surface area contributed by atoms with Crippen molar-refractivity contribution in [3.8, 4) is 11.3 Å². The summed E-state index contributed by atoms with van der Waals surface area (Å²) in [6.07, 6.45) is 4.06. The summed E-state index contributed by atoms with van der Waals surface area (Å²) in [5.41, 5.74) is 6.55. The molecule has 114 valence electrons. The number of hydrogen-bond acceptors (Lipinski definition) is 3. The minimum absolute atomic E-state index is 0.925. The molecule has 4 rings (SSSR count). The molecule has 0 aliphatic heterocycles. The van der Waals surface area contributed by atoms with Gasteiger partial charge in [0.05, 0.1) is 18.3 Å². The number of hydrogen-bond donors (Lipinski definition) is 0. The largest absolute Gasteiger partial charge is 0.495 e. The third-order valence-electron chi connectivity index (χ3n) is 4.26. The van der Waals surface area contributed by atoms with Gasteiger partial charge in [0.1, 0.15) is 11.5 Å². The van der Waals surface area contributed by atoms with Gasteiger partial charge in [-0.15, -0.1) is 0 Å². The highest BCUT2D eigenvalue weighted by Crippen LogP contribution is 2.37. The first-order valence-electron chi connectivity index (χ1n) is 7.86. The van der Waals surface area contributed by atoms with E-state index in [9.17, 15) is 0 Å². The number of pyridine rings is 2. The van der Waals surface area contributed by atoms with E-state index in [0.717, 1.165) is 52.0 Å². The average molecular weight is 302 g/mol. The number of rotatable bonds is 3. The van der Waals surface area contributed by atoms with Gasteiger partial charge >= 0.3 is 0 Å². The van der Waals surface area contributed by atoms with Gasteiger partial charge in [-0.25, -0.2) is 4.98 Å². The zero-order valence-electron chi connectivity index (χ0n) is 13.3. The fourth-order valence-electron chi connectivity index (χ4n) is 2.95. The quantitative estimate of drug-likeness (QED) is 0.654. The maximum absolute atomic E-state index is 5.57. The molecule has 1 aromatic carbocycles. The molecule has 3 aromatic rings. The van der Waals surface area contributed by atoms with Gasteiger partial charge < -0.3 is 4.74 Å². The number of benzene rings is 1. The summed E-state index contributed by atoms with van der Waals surface area (Å²) in [7, 11) is 1.73. The Morgan fingerprint density at radius 3 is 2.61 bits per heavy atom. The second-order valence-corrected chi connectivity index (χ2v) is 5.87. The number of aryl methyl sites for hydroxylation is 1. The van der Waals surface area contributed by atoms with Crippen LogP contribution in [0.15, 0.2) is 54.2 Å². The van der Waals surface area contributed by atoms with Crippen LogP contribution < -0.4 is 0 Å². The summed E-state index contributed by atoms with van der Waals surface area (Å²) in [5.74, 6) is 0.939. The molecule has 3 nitrogen and oxygen atoms in total. The van der Waals surface area contributed by atoms with Gasteiger partial charge in [0.15, 0.2) is 0 Å². The van der Waals surface area contributed by atoms with E-state index in [1.54, 1.807) is 7.11 Å². The highest BCUT2D eigenvalue weighted by atomic mass is 16.5. The van der Waals surface area contributed by atoms with E-state index < -0.39 is 0 Å². The van der Waals surface area contributed by atoms with Crippen LogP contribution in [0, 0.1) is 6.92 Å². The van der Waals surface area contributed by atoms with Crippen molar-refractivity contribution in [3.05, 3.63) is 65.5 Å². The van der Waals surface area contributed by atoms with Crippen molar-refractivity contribution in [1.29, 1.82) is 0 Å². The van der Waals surface area contributed by atoms with E-state index in [0.29, 0.717) is 0 Å². The van der Waals surface area contributed by atoms with Crippen molar-refractivity contribution >= 4 is 16.7 Å². The number of methoxy groups -OCH3 is 1. The van der Waals surface area contributed by atoms with E-state index >= 15 is 0 Å². The van der Waals surface area contributed by atoms with Gasteiger partial charge in [0.25, 0.3) is 0 Å². The van der Waals surface area contributed by atoms with Crippen LogP contribution in [0.1, 0.15) is 24.1 Å². The topological polar surface area (TPSA) is 35.0 Å². The predicted octanol–water partition coefficient (Wildman–Crippen LogP) is 4.76. The molecule has 0 radical (unpaired) electrons. The fourth-order valence-corrected chi connectivity index (χ4v) is 2.95. The third kappa shape index (κ3) is 2.48. The van der Waals surface area contributed by atoms with Crippen LogP contribution in [0.25, 0.3) is 27.9 Å². The molecule has 2 aromatic heterocycles. The van der Waals surface area contributed by atoms with E-state index in [1.165, 1.54) is 5.57 Å². The first kappa shape index (κ1) is 13.9. The maximum atomic E-state index is 5.57. The van der Waals surface area contributed by atoms with Gasteiger partial charge in [-0.05, 0) is 55.2 Å². The van der Waals surface area contributed by atoms with E-state index in [-0.39, 0.29) is 0 Å². The number of allylic oxidation sites excluding steroid dienone is 1. The second kappa shape index (κ2) is 5.51. The molecule has 1 aliphatic carbocycles. The average Bonchev–Trinajstić information content (AvgIpc) is 3.42. The van der Waals surface area contributed by atoms with Crippen molar-refractivity contribution in [2.24, 2.45) is 0 Å². The smallest absolute Gasteiger partial charge is 0.143 e. The monoisotopic (exact) mass is 302 g/mol. The molecule has 23 heavy (non-hydrogen) atoms. The number of aromatic nitrogens is 2. The van der Waals surface area contributed by atoms with Crippen LogP contribution >= 0.6 is 0 Å².